The minimum atomic E-state index is -1.52. The van der Waals surface area contributed by atoms with Gasteiger partial charge in [0.1, 0.15) is 42.4 Å². The number of carbonyl (C=O) groups is 8. The lowest BCUT2D eigenvalue weighted by molar-refractivity contribution is -0.158. The minimum absolute atomic E-state index is 0.219. The van der Waals surface area contributed by atoms with Crippen molar-refractivity contribution >= 4 is 47.3 Å². The van der Waals surface area contributed by atoms with Crippen LogP contribution < -0.4 is 31.9 Å². The third-order valence-corrected chi connectivity index (χ3v) is 16.2. The summed E-state index contributed by atoms with van der Waals surface area (Å²) in [6.07, 6.45) is 26.5. The van der Waals surface area contributed by atoms with Gasteiger partial charge in [0, 0.05) is 13.7 Å². The maximum absolute atomic E-state index is 14.2. The number of rotatable bonds is 31. The Morgan fingerprint density at radius 3 is 1.37 bits per heavy atom. The summed E-state index contributed by atoms with van der Waals surface area (Å²) in [5, 5.41) is 27.2. The molecule has 79 heavy (non-hydrogen) atoms. The van der Waals surface area contributed by atoms with Gasteiger partial charge in [-0.3, -0.25) is 33.6 Å². The first kappa shape index (κ1) is 70.8. The molecule has 11 atom stereocenters. The molecule has 0 radical (unpaired) electrons. The summed E-state index contributed by atoms with van der Waals surface area (Å²) in [6.45, 7) is 17.4. The Balaban J connectivity index is 2.21. The molecule has 2 rings (SSSR count). The van der Waals surface area contributed by atoms with Gasteiger partial charge in [0.15, 0.2) is 6.04 Å². The topological polar surface area (TPSA) is 251 Å². The third kappa shape index (κ3) is 26.9. The van der Waals surface area contributed by atoms with Gasteiger partial charge in [-0.2, -0.15) is 0 Å². The Kier molecular flexibility index (Phi) is 35.8. The normalized spacial score (nSPS) is 25.0. The van der Waals surface area contributed by atoms with Crippen LogP contribution in [0.1, 0.15) is 249 Å². The Hall–Kier alpha value is -4.32. The van der Waals surface area contributed by atoms with Crippen molar-refractivity contribution in [2.24, 2.45) is 17.8 Å². The number of hydrogen-bond donors (Lipinski definition) is 7. The van der Waals surface area contributed by atoms with Gasteiger partial charge < -0.3 is 51.4 Å². The van der Waals surface area contributed by atoms with Crippen molar-refractivity contribution in [1.29, 1.82) is 0 Å². The van der Waals surface area contributed by atoms with Crippen LogP contribution >= 0.6 is 0 Å². The van der Waals surface area contributed by atoms with Crippen molar-refractivity contribution in [3.8, 4) is 0 Å². The average Bonchev–Trinajstić information content (AvgIpc) is 3.95. The Bertz CT molecular complexity index is 1820. The molecular formula is C61H111N7O11. The summed E-state index contributed by atoms with van der Waals surface area (Å²) >= 11 is 0. The van der Waals surface area contributed by atoms with Crippen LogP contribution in [-0.4, -0.2) is 132 Å². The van der Waals surface area contributed by atoms with E-state index in [0.29, 0.717) is 25.7 Å². The average molecular weight is 1120 g/mol. The minimum Gasteiger partial charge on any atom is -0.460 e. The van der Waals surface area contributed by atoms with Crippen molar-refractivity contribution in [2.45, 2.75) is 310 Å². The van der Waals surface area contributed by atoms with Gasteiger partial charge in [0.05, 0.1) is 18.6 Å². The number of hydrogen-bond acceptors (Lipinski definition) is 11. The predicted molar refractivity (Wildman–Crippen MR) is 310 cm³/mol. The van der Waals surface area contributed by atoms with Crippen LogP contribution in [-0.2, 0) is 47.8 Å². The zero-order valence-electron chi connectivity index (χ0n) is 51.0. The maximum Gasteiger partial charge on any atom is 0.331 e. The number of esters is 1. The van der Waals surface area contributed by atoms with Crippen molar-refractivity contribution in [3.63, 3.8) is 0 Å². The van der Waals surface area contributed by atoms with Crippen molar-refractivity contribution < 1.29 is 52.9 Å². The number of amides is 7. The van der Waals surface area contributed by atoms with E-state index in [4.69, 9.17) is 9.47 Å². The standard InChI is InChI=1S/C61H111N7O11/c1-12-14-15-16-17-18-19-20-21-22-23-24-25-26-27-28-29-30-31-32-33-34-35-37-47-40-49(70)63-53(45(9)69)59(75)65-50(41(3)4)56(72)62-44(8)60(76)68-39-36-38-48(68)55(71)66-52(43(7)13-2)58(74)64-51(42(5)6)57(73)67-54(46(10)78-11)61(77)79-47/h41-48,50-54,69H,12-40H2,1-11H3,(H,62,72)(H,63,70)(H,64,74)(H,65,75)(H,66,71)(H,67,73)/t43-,44-,45+,46+,47+,48+,50-,51-,52+,53-,54-/m0/s1. The summed E-state index contributed by atoms with van der Waals surface area (Å²) in [4.78, 5) is 114. The second-order valence-electron chi connectivity index (χ2n) is 23.8. The van der Waals surface area contributed by atoms with Gasteiger partial charge in [-0.1, -0.05) is 196 Å². The number of unbranched alkanes of at least 4 members (excludes halogenated alkanes) is 22. The summed E-state index contributed by atoms with van der Waals surface area (Å²) in [7, 11) is 1.37. The molecule has 2 saturated heterocycles. The van der Waals surface area contributed by atoms with E-state index in [1.807, 2.05) is 6.92 Å². The summed E-state index contributed by atoms with van der Waals surface area (Å²) in [6, 6.07) is -8.44. The molecule has 0 aromatic heterocycles. The van der Waals surface area contributed by atoms with E-state index < -0.39 is 126 Å². The Labute approximate surface area is 476 Å². The van der Waals surface area contributed by atoms with Crippen molar-refractivity contribution in [3.05, 3.63) is 0 Å². The smallest absolute Gasteiger partial charge is 0.331 e. The van der Waals surface area contributed by atoms with Crippen LogP contribution in [0.25, 0.3) is 0 Å². The maximum atomic E-state index is 14.2. The van der Waals surface area contributed by atoms with Crippen LogP contribution in [0.5, 0.6) is 0 Å². The van der Waals surface area contributed by atoms with Gasteiger partial charge in [-0.25, -0.2) is 4.79 Å². The fourth-order valence-electron chi connectivity index (χ4n) is 10.6. The van der Waals surface area contributed by atoms with Crippen LogP contribution in [0.15, 0.2) is 0 Å². The lowest BCUT2D eigenvalue weighted by Gasteiger charge is -2.32. The number of aliphatic hydroxyl groups is 1. The number of aliphatic hydroxyl groups excluding tert-OH is 1. The van der Waals surface area contributed by atoms with E-state index in [0.717, 1.165) is 25.7 Å². The molecule has 2 aliphatic heterocycles. The fourth-order valence-corrected chi connectivity index (χ4v) is 10.6. The van der Waals surface area contributed by atoms with Gasteiger partial charge in [-0.15, -0.1) is 0 Å². The Morgan fingerprint density at radius 2 is 0.937 bits per heavy atom. The molecule has 18 heteroatoms. The molecule has 2 aliphatic rings. The lowest BCUT2D eigenvalue weighted by atomic mass is 9.96. The molecule has 2 heterocycles. The van der Waals surface area contributed by atoms with Crippen LogP contribution in [0.4, 0.5) is 0 Å². The highest BCUT2D eigenvalue weighted by molar-refractivity contribution is 5.98. The van der Waals surface area contributed by atoms with Crippen LogP contribution in [0.3, 0.4) is 0 Å². The van der Waals surface area contributed by atoms with Gasteiger partial charge in [0.2, 0.25) is 41.4 Å². The fraction of sp³-hybridized carbons (Fsp3) is 0.869. The molecule has 2 fully saturated rings. The molecule has 0 spiro atoms. The third-order valence-electron chi connectivity index (χ3n) is 16.2. The van der Waals surface area contributed by atoms with Gasteiger partial charge in [0.25, 0.3) is 0 Å². The van der Waals surface area contributed by atoms with Crippen molar-refractivity contribution in [1.82, 2.24) is 36.8 Å². The molecule has 0 unspecified atom stereocenters. The summed E-state index contributed by atoms with van der Waals surface area (Å²) < 4.78 is 11.6. The van der Waals surface area contributed by atoms with Crippen LogP contribution in [0, 0.1) is 17.8 Å². The number of ether oxygens (including phenoxy) is 2. The number of nitrogens with zero attached hydrogens (tertiary/aromatic N) is 1. The quantitative estimate of drug-likeness (QED) is 0.0257. The molecule has 7 N–H and O–H groups in total. The molecule has 0 saturated carbocycles. The molecule has 7 amide bonds. The second-order valence-corrected chi connectivity index (χ2v) is 23.8. The molecule has 0 aromatic rings. The zero-order chi connectivity index (χ0) is 58.9. The summed E-state index contributed by atoms with van der Waals surface area (Å²) in [5.41, 5.74) is 0. The molecule has 456 valence electrons. The number of carbonyl (C=O) groups excluding carboxylic acids is 8. The van der Waals surface area contributed by atoms with Gasteiger partial charge in [-0.05, 0) is 64.2 Å². The number of methoxy groups -OCH3 is 1. The first-order valence-electron chi connectivity index (χ1n) is 31.2. The highest BCUT2D eigenvalue weighted by atomic mass is 16.5. The zero-order valence-corrected chi connectivity index (χ0v) is 51.0. The number of nitrogens with one attached hydrogen (secondary N) is 6. The summed E-state index contributed by atoms with van der Waals surface area (Å²) in [5.74, 6) is -6.94. The number of cyclic esters (lactones) is 1. The van der Waals surface area contributed by atoms with Crippen LogP contribution in [0.2, 0.25) is 0 Å². The van der Waals surface area contributed by atoms with E-state index in [1.54, 1.807) is 41.5 Å². The SMILES string of the molecule is CCCCCCCCCCCCCCCCCCCCCCCCC[C@@H]1CC(=O)N[C@@H]([C@@H](C)O)C(=O)N[C@@H](C(C)C)C(=O)N[C@@H](C)C(=O)N2CCC[C@@H]2C(=O)N[C@H]([C@@H](C)CC)C(=O)N[C@@H](C(C)C)C(=O)N[C@@H]([C@@H](C)OC)C(=O)O1. The first-order valence-corrected chi connectivity index (χ1v) is 31.2. The highest BCUT2D eigenvalue weighted by Gasteiger charge is 2.41. The monoisotopic (exact) mass is 1120 g/mol. The molecule has 0 aromatic carbocycles. The van der Waals surface area contributed by atoms with E-state index in [1.165, 1.54) is 141 Å². The highest BCUT2D eigenvalue weighted by Crippen LogP contribution is 2.22. The second kappa shape index (κ2) is 40.0. The molecule has 0 aliphatic carbocycles. The van der Waals surface area contributed by atoms with Crippen molar-refractivity contribution in [2.75, 3.05) is 13.7 Å². The lowest BCUT2D eigenvalue weighted by Crippen LogP contribution is -2.61. The molecular weight excluding hydrogens is 1010 g/mol. The first-order chi connectivity index (χ1) is 37.7. The van der Waals surface area contributed by atoms with E-state index in [-0.39, 0.29) is 19.4 Å². The largest absolute Gasteiger partial charge is 0.460 e. The molecule has 0 bridgehead atoms. The number of fused-ring (bicyclic) bond motifs is 1. The molecule has 18 nitrogen and oxygen atoms in total. The van der Waals surface area contributed by atoms with E-state index in [9.17, 15) is 43.5 Å². The van der Waals surface area contributed by atoms with E-state index >= 15 is 0 Å². The Morgan fingerprint density at radius 1 is 0.532 bits per heavy atom. The predicted octanol–water partition coefficient (Wildman–Crippen LogP) is 8.38. The van der Waals surface area contributed by atoms with E-state index in [2.05, 4.69) is 38.8 Å². The van der Waals surface area contributed by atoms with Gasteiger partial charge >= 0.3 is 5.97 Å².